The van der Waals surface area contributed by atoms with Gasteiger partial charge >= 0.3 is 5.97 Å². The Morgan fingerprint density at radius 1 is 1.11 bits per heavy atom. The Bertz CT molecular complexity index is 873. The van der Waals surface area contributed by atoms with E-state index in [0.717, 1.165) is 53.4 Å². The molecule has 214 valence electrons. The predicted octanol–water partition coefficient (Wildman–Crippen LogP) is 9.90. The van der Waals surface area contributed by atoms with E-state index in [9.17, 15) is 4.79 Å². The van der Waals surface area contributed by atoms with E-state index in [2.05, 4.69) is 57.8 Å². The highest BCUT2D eigenvalue weighted by Crippen LogP contribution is 2.32. The Morgan fingerprint density at radius 3 is 2.13 bits per heavy atom. The van der Waals surface area contributed by atoms with Crippen LogP contribution < -0.4 is 0 Å². The van der Waals surface area contributed by atoms with Gasteiger partial charge in [0.2, 0.25) is 0 Å². The molecule has 1 rings (SSSR count). The highest BCUT2D eigenvalue weighted by Gasteiger charge is 2.21. The van der Waals surface area contributed by atoms with Gasteiger partial charge in [0.25, 0.3) is 0 Å². The first-order chi connectivity index (χ1) is 18.3. The van der Waals surface area contributed by atoms with E-state index >= 15 is 0 Å². The van der Waals surface area contributed by atoms with Crippen molar-refractivity contribution in [1.29, 1.82) is 5.26 Å². The maximum atomic E-state index is 12.7. The van der Waals surface area contributed by atoms with Crippen LogP contribution in [0.5, 0.6) is 0 Å². The van der Waals surface area contributed by atoms with Crippen molar-refractivity contribution in [3.63, 3.8) is 0 Å². The molecule has 0 aromatic rings. The van der Waals surface area contributed by atoms with Crippen molar-refractivity contribution >= 4 is 12.2 Å². The van der Waals surface area contributed by atoms with Crippen molar-refractivity contribution in [2.24, 2.45) is 16.8 Å². The molecule has 0 radical (unpaired) electrons. The molecule has 0 N–H and O–H groups in total. The van der Waals surface area contributed by atoms with Crippen LogP contribution in [-0.4, -0.2) is 25.8 Å². The summed E-state index contributed by atoms with van der Waals surface area (Å²) >= 11 is 0. The second-order valence-corrected chi connectivity index (χ2v) is 9.52. The summed E-state index contributed by atoms with van der Waals surface area (Å²) < 4.78 is 5.44. The third-order valence-corrected chi connectivity index (χ3v) is 6.66. The van der Waals surface area contributed by atoms with Gasteiger partial charge < -0.3 is 4.74 Å². The molecule has 0 bridgehead atoms. The standard InChI is InChI=1S/C23H35NO2.C9H18.C2H3N/c1-8-13-15-21(18(6)14-9-2)22(19(11-4)17-24-7)20(12-5)23(25)26-16-10-3;1-3-8(2)9-6-4-5-7-9;1-2-3/h11-15,17H,8-10,16H2,1-7H3;8-9H,3-7H2,1-2H3;1H3/b15-13-,18-14+,19-11+,20-12+,22-21-,24-17?;;. The molecule has 0 aliphatic heterocycles. The molecule has 1 aliphatic carbocycles. The van der Waals surface area contributed by atoms with E-state index in [-0.39, 0.29) is 5.97 Å². The minimum absolute atomic E-state index is 0.292. The monoisotopic (exact) mass is 524 g/mol. The average molecular weight is 525 g/mol. The van der Waals surface area contributed by atoms with Crippen molar-refractivity contribution in [2.45, 2.75) is 114 Å². The quantitative estimate of drug-likeness (QED) is 0.110. The Hall–Kier alpha value is -2.67. The zero-order valence-corrected chi connectivity index (χ0v) is 26.2. The molecule has 4 heteroatoms. The van der Waals surface area contributed by atoms with Crippen LogP contribution in [-0.2, 0) is 9.53 Å². The normalized spacial score (nSPS) is 16.3. The smallest absolute Gasteiger partial charge is 0.338 e. The summed E-state index contributed by atoms with van der Waals surface area (Å²) in [5.41, 5.74) is 4.52. The molecule has 0 saturated heterocycles. The molecule has 1 fully saturated rings. The number of carbonyl (C=O) groups excluding carboxylic acids is 1. The van der Waals surface area contributed by atoms with Gasteiger partial charge in [-0.05, 0) is 68.6 Å². The maximum absolute atomic E-state index is 12.7. The van der Waals surface area contributed by atoms with Crippen molar-refractivity contribution in [3.8, 4) is 6.07 Å². The molecular weight excluding hydrogens is 468 g/mol. The summed E-state index contributed by atoms with van der Waals surface area (Å²) in [6.07, 6.45) is 22.0. The SMILES string of the molecule is C/C=C(C=NC)/C(=C(\C=C/CC)C(/C)=C/CC)C(=C\C)/C(=O)OCCC.CC#N.CCC(C)C1CCCC1. The fourth-order valence-electron chi connectivity index (χ4n) is 4.44. The fraction of sp³-hybridized carbons (Fsp3) is 0.618. The number of hydrogen-bond acceptors (Lipinski definition) is 4. The lowest BCUT2D eigenvalue weighted by molar-refractivity contribution is -0.138. The van der Waals surface area contributed by atoms with Gasteiger partial charge in [-0.2, -0.15) is 5.26 Å². The lowest BCUT2D eigenvalue weighted by Gasteiger charge is -2.17. The van der Waals surface area contributed by atoms with E-state index < -0.39 is 0 Å². The Morgan fingerprint density at radius 2 is 1.71 bits per heavy atom. The highest BCUT2D eigenvalue weighted by atomic mass is 16.5. The maximum Gasteiger partial charge on any atom is 0.338 e. The first-order valence-electron chi connectivity index (χ1n) is 14.6. The van der Waals surface area contributed by atoms with E-state index in [1.165, 1.54) is 39.0 Å². The van der Waals surface area contributed by atoms with Crippen molar-refractivity contribution in [1.82, 2.24) is 0 Å². The lowest BCUT2D eigenvalue weighted by atomic mass is 9.88. The number of rotatable bonds is 12. The number of nitrogens with zero attached hydrogens (tertiary/aromatic N) is 2. The predicted molar refractivity (Wildman–Crippen MR) is 166 cm³/mol. The van der Waals surface area contributed by atoms with E-state index in [4.69, 9.17) is 10.00 Å². The van der Waals surface area contributed by atoms with Gasteiger partial charge in [0.05, 0.1) is 18.2 Å². The summed E-state index contributed by atoms with van der Waals surface area (Å²) in [6.45, 7) is 18.7. The third kappa shape index (κ3) is 14.9. The minimum Gasteiger partial charge on any atom is -0.462 e. The Balaban J connectivity index is 0. The van der Waals surface area contributed by atoms with Crippen LogP contribution in [0.25, 0.3) is 0 Å². The molecule has 1 aliphatic rings. The zero-order chi connectivity index (χ0) is 29.3. The number of allylic oxidation sites excluding steroid dienone is 8. The van der Waals surface area contributed by atoms with Crippen LogP contribution in [0.2, 0.25) is 0 Å². The largest absolute Gasteiger partial charge is 0.462 e. The summed E-state index contributed by atoms with van der Waals surface area (Å²) in [6, 6.07) is 1.75. The van der Waals surface area contributed by atoms with Gasteiger partial charge in [0, 0.05) is 25.8 Å². The highest BCUT2D eigenvalue weighted by molar-refractivity contribution is 6.01. The molecule has 0 spiro atoms. The molecule has 38 heavy (non-hydrogen) atoms. The van der Waals surface area contributed by atoms with Gasteiger partial charge in [-0.1, -0.05) is 97.1 Å². The molecule has 0 heterocycles. The second kappa shape index (κ2) is 24.7. The van der Waals surface area contributed by atoms with Crippen LogP contribution in [0.15, 0.2) is 63.2 Å². The number of carbonyl (C=O) groups is 1. The summed E-state index contributed by atoms with van der Waals surface area (Å²) in [4.78, 5) is 16.9. The second-order valence-electron chi connectivity index (χ2n) is 9.52. The van der Waals surface area contributed by atoms with E-state index in [1.807, 2.05) is 32.9 Å². The first-order valence-corrected chi connectivity index (χ1v) is 14.6. The fourth-order valence-corrected chi connectivity index (χ4v) is 4.44. The molecule has 1 unspecified atom stereocenters. The first kappa shape index (κ1) is 37.5. The van der Waals surface area contributed by atoms with Crippen molar-refractivity contribution in [3.05, 3.63) is 58.2 Å². The minimum atomic E-state index is -0.292. The van der Waals surface area contributed by atoms with Gasteiger partial charge in [-0.15, -0.1) is 0 Å². The van der Waals surface area contributed by atoms with E-state index in [0.29, 0.717) is 12.2 Å². The molecule has 0 amide bonds. The number of ether oxygens (including phenoxy) is 1. The van der Waals surface area contributed by atoms with Crippen molar-refractivity contribution in [2.75, 3.05) is 13.7 Å². The third-order valence-electron chi connectivity index (χ3n) is 6.66. The van der Waals surface area contributed by atoms with Crippen molar-refractivity contribution < 1.29 is 9.53 Å². The van der Waals surface area contributed by atoms with Crippen LogP contribution >= 0.6 is 0 Å². The topological polar surface area (TPSA) is 62.4 Å². The Labute approximate surface area is 235 Å². The summed E-state index contributed by atoms with van der Waals surface area (Å²) in [5.74, 6) is 1.78. The molecule has 1 saturated carbocycles. The number of esters is 1. The lowest BCUT2D eigenvalue weighted by Crippen LogP contribution is -2.14. The number of nitriles is 1. The number of aliphatic imine (C=N–C) groups is 1. The molecule has 0 aromatic heterocycles. The van der Waals surface area contributed by atoms with Crippen LogP contribution in [0.3, 0.4) is 0 Å². The number of hydrogen-bond donors (Lipinski definition) is 0. The zero-order valence-electron chi connectivity index (χ0n) is 26.2. The van der Waals surface area contributed by atoms with Crippen LogP contribution in [0.4, 0.5) is 0 Å². The molecule has 0 aromatic carbocycles. The van der Waals surface area contributed by atoms with Gasteiger partial charge in [0.15, 0.2) is 0 Å². The molecular formula is C34H56N2O2. The molecule has 4 nitrogen and oxygen atoms in total. The summed E-state index contributed by atoms with van der Waals surface area (Å²) in [5, 5.41) is 7.32. The van der Waals surface area contributed by atoms with E-state index in [1.54, 1.807) is 19.3 Å². The van der Waals surface area contributed by atoms with Gasteiger partial charge in [-0.25, -0.2) is 4.79 Å². The van der Waals surface area contributed by atoms with Gasteiger partial charge in [0.1, 0.15) is 0 Å². The van der Waals surface area contributed by atoms with Crippen LogP contribution in [0.1, 0.15) is 114 Å². The Kier molecular flexibility index (Phi) is 24.3. The summed E-state index contributed by atoms with van der Waals surface area (Å²) in [7, 11) is 1.74. The average Bonchev–Trinajstić information content (AvgIpc) is 3.46. The molecule has 1 atom stereocenters. The van der Waals surface area contributed by atoms with Crippen LogP contribution in [0, 0.1) is 23.2 Å². The van der Waals surface area contributed by atoms with Gasteiger partial charge in [-0.3, -0.25) is 4.99 Å².